The minimum Gasteiger partial charge on any atom is -0.341 e. The van der Waals surface area contributed by atoms with Crippen LogP contribution in [0.25, 0.3) is 0 Å². The molecule has 0 N–H and O–H groups in total. The van der Waals surface area contributed by atoms with Gasteiger partial charge in [-0.15, -0.1) is 0 Å². The molecule has 1 amide bonds. The normalized spacial score (nSPS) is 11.3. The molecule has 0 aromatic heterocycles. The van der Waals surface area contributed by atoms with E-state index in [9.17, 15) is 13.2 Å². The minimum absolute atomic E-state index is 0.116. The summed E-state index contributed by atoms with van der Waals surface area (Å²) in [6, 6.07) is 4.70. The standard InChI is InChI=1S/C15H22Cl2N2O3S/c1-4-9-18(10-5-2)14(20)11-19(23(3,21)22)13-8-6-7-12(16)15(13)17/h6-8H,4-5,9-11H2,1-3H3. The van der Waals surface area contributed by atoms with Crippen molar-refractivity contribution in [3.8, 4) is 0 Å². The Kier molecular flexibility index (Phi) is 7.64. The summed E-state index contributed by atoms with van der Waals surface area (Å²) in [5.74, 6) is -0.254. The Morgan fingerprint density at radius 3 is 2.17 bits per heavy atom. The highest BCUT2D eigenvalue weighted by molar-refractivity contribution is 7.92. The van der Waals surface area contributed by atoms with Crippen molar-refractivity contribution in [2.75, 3.05) is 30.2 Å². The summed E-state index contributed by atoms with van der Waals surface area (Å²) < 4.78 is 25.2. The van der Waals surface area contributed by atoms with E-state index in [1.54, 1.807) is 17.0 Å². The maximum Gasteiger partial charge on any atom is 0.243 e. The number of carbonyl (C=O) groups excluding carboxylic acids is 1. The van der Waals surface area contributed by atoms with Crippen LogP contribution in [0, 0.1) is 0 Å². The average Bonchev–Trinajstić information content (AvgIpc) is 2.46. The van der Waals surface area contributed by atoms with Gasteiger partial charge in [0.25, 0.3) is 0 Å². The van der Waals surface area contributed by atoms with Crippen molar-refractivity contribution in [1.82, 2.24) is 4.90 Å². The lowest BCUT2D eigenvalue weighted by Gasteiger charge is -2.27. The number of anilines is 1. The number of benzene rings is 1. The Balaban J connectivity index is 3.14. The zero-order valence-electron chi connectivity index (χ0n) is 13.6. The van der Waals surface area contributed by atoms with Gasteiger partial charge in [-0.25, -0.2) is 8.42 Å². The van der Waals surface area contributed by atoms with Crippen LogP contribution in [0.4, 0.5) is 5.69 Å². The molecule has 0 aliphatic heterocycles. The predicted molar refractivity (Wildman–Crippen MR) is 95.8 cm³/mol. The summed E-state index contributed by atoms with van der Waals surface area (Å²) in [5.41, 5.74) is 0.211. The van der Waals surface area contributed by atoms with E-state index in [4.69, 9.17) is 23.2 Å². The van der Waals surface area contributed by atoms with Crippen LogP contribution >= 0.6 is 23.2 Å². The molecule has 0 spiro atoms. The third kappa shape index (κ3) is 5.55. The van der Waals surface area contributed by atoms with Crippen molar-refractivity contribution in [3.63, 3.8) is 0 Å². The maximum atomic E-state index is 12.5. The summed E-state index contributed by atoms with van der Waals surface area (Å²) >= 11 is 12.1. The van der Waals surface area contributed by atoms with Gasteiger partial charge in [-0.3, -0.25) is 9.10 Å². The minimum atomic E-state index is -3.67. The van der Waals surface area contributed by atoms with Crippen LogP contribution in [-0.2, 0) is 14.8 Å². The van der Waals surface area contributed by atoms with Gasteiger partial charge in [-0.1, -0.05) is 43.1 Å². The van der Waals surface area contributed by atoms with Gasteiger partial charge in [0.15, 0.2) is 0 Å². The second-order valence-electron chi connectivity index (χ2n) is 5.22. The highest BCUT2D eigenvalue weighted by Crippen LogP contribution is 2.33. The van der Waals surface area contributed by atoms with Crippen LogP contribution in [0.5, 0.6) is 0 Å². The van der Waals surface area contributed by atoms with Crippen molar-refractivity contribution in [2.24, 2.45) is 0 Å². The maximum absolute atomic E-state index is 12.5. The van der Waals surface area contributed by atoms with E-state index in [-0.39, 0.29) is 28.2 Å². The van der Waals surface area contributed by atoms with Gasteiger partial charge in [-0.05, 0) is 25.0 Å². The molecule has 0 aliphatic carbocycles. The quantitative estimate of drug-likeness (QED) is 0.694. The molecule has 0 saturated carbocycles. The van der Waals surface area contributed by atoms with Crippen LogP contribution in [0.3, 0.4) is 0 Å². The third-order valence-electron chi connectivity index (χ3n) is 3.22. The Hall–Kier alpha value is -0.980. The number of hydrogen-bond donors (Lipinski definition) is 0. The van der Waals surface area contributed by atoms with Crippen molar-refractivity contribution in [1.29, 1.82) is 0 Å². The van der Waals surface area contributed by atoms with E-state index in [1.165, 1.54) is 6.07 Å². The molecule has 0 atom stereocenters. The molecule has 0 heterocycles. The second-order valence-corrected chi connectivity index (χ2v) is 7.92. The van der Waals surface area contributed by atoms with Crippen molar-refractivity contribution in [3.05, 3.63) is 28.2 Å². The van der Waals surface area contributed by atoms with Gasteiger partial charge < -0.3 is 4.90 Å². The van der Waals surface area contributed by atoms with E-state index in [1.807, 2.05) is 13.8 Å². The molecule has 5 nitrogen and oxygen atoms in total. The number of rotatable bonds is 8. The number of halogens is 2. The van der Waals surface area contributed by atoms with Gasteiger partial charge in [0.1, 0.15) is 6.54 Å². The van der Waals surface area contributed by atoms with Gasteiger partial charge in [0.2, 0.25) is 15.9 Å². The highest BCUT2D eigenvalue weighted by Gasteiger charge is 2.25. The number of hydrogen-bond acceptors (Lipinski definition) is 3. The average molecular weight is 381 g/mol. The molecule has 1 aromatic carbocycles. The van der Waals surface area contributed by atoms with E-state index < -0.39 is 10.0 Å². The fourth-order valence-electron chi connectivity index (χ4n) is 2.19. The van der Waals surface area contributed by atoms with Crippen molar-refractivity contribution in [2.45, 2.75) is 26.7 Å². The molecule has 0 fully saturated rings. The lowest BCUT2D eigenvalue weighted by Crippen LogP contribution is -2.43. The molecule has 23 heavy (non-hydrogen) atoms. The first-order valence-corrected chi connectivity index (χ1v) is 10.0. The zero-order chi connectivity index (χ0) is 17.6. The monoisotopic (exact) mass is 380 g/mol. The predicted octanol–water partition coefficient (Wildman–Crippen LogP) is 3.41. The topological polar surface area (TPSA) is 57.7 Å². The lowest BCUT2D eigenvalue weighted by atomic mass is 10.3. The SMILES string of the molecule is CCCN(CCC)C(=O)CN(c1cccc(Cl)c1Cl)S(C)(=O)=O. The summed E-state index contributed by atoms with van der Waals surface area (Å²) in [7, 11) is -3.67. The smallest absolute Gasteiger partial charge is 0.243 e. The Bertz CT molecular complexity index is 644. The largest absolute Gasteiger partial charge is 0.341 e. The summed E-state index contributed by atoms with van der Waals surface area (Å²) in [6.07, 6.45) is 2.66. The van der Waals surface area contributed by atoms with Crippen LogP contribution in [0.2, 0.25) is 10.0 Å². The van der Waals surface area contributed by atoms with Crippen molar-refractivity contribution < 1.29 is 13.2 Å². The molecule has 8 heteroatoms. The van der Waals surface area contributed by atoms with Crippen LogP contribution in [-0.4, -0.2) is 45.1 Å². The van der Waals surface area contributed by atoms with Gasteiger partial charge in [0.05, 0.1) is 22.0 Å². The molecule has 0 radical (unpaired) electrons. The van der Waals surface area contributed by atoms with Gasteiger partial charge >= 0.3 is 0 Å². The first kappa shape index (κ1) is 20.1. The Morgan fingerprint density at radius 1 is 1.13 bits per heavy atom. The molecule has 1 rings (SSSR count). The van der Waals surface area contributed by atoms with Crippen LogP contribution in [0.15, 0.2) is 18.2 Å². The van der Waals surface area contributed by atoms with Crippen LogP contribution in [0.1, 0.15) is 26.7 Å². The van der Waals surface area contributed by atoms with Crippen molar-refractivity contribution >= 4 is 44.8 Å². The fraction of sp³-hybridized carbons (Fsp3) is 0.533. The molecule has 0 unspecified atom stereocenters. The number of carbonyl (C=O) groups is 1. The third-order valence-corrected chi connectivity index (χ3v) is 5.15. The second kappa shape index (κ2) is 8.76. The Morgan fingerprint density at radius 2 is 1.70 bits per heavy atom. The Labute approximate surface area is 148 Å². The molecule has 130 valence electrons. The lowest BCUT2D eigenvalue weighted by molar-refractivity contribution is -0.129. The summed E-state index contributed by atoms with van der Waals surface area (Å²) in [6.45, 7) is 4.83. The number of amides is 1. The van der Waals surface area contributed by atoms with E-state index >= 15 is 0 Å². The molecule has 0 saturated heterocycles. The van der Waals surface area contributed by atoms with Gasteiger partial charge in [-0.2, -0.15) is 0 Å². The van der Waals surface area contributed by atoms with Crippen LogP contribution < -0.4 is 4.31 Å². The highest BCUT2D eigenvalue weighted by atomic mass is 35.5. The first-order valence-electron chi connectivity index (χ1n) is 7.41. The molecule has 0 aliphatic rings. The van der Waals surface area contributed by atoms with E-state index in [0.717, 1.165) is 23.4 Å². The zero-order valence-corrected chi connectivity index (χ0v) is 15.9. The fourth-order valence-corrected chi connectivity index (χ4v) is 3.49. The number of sulfonamides is 1. The molecular formula is C15H22Cl2N2O3S. The molecular weight excluding hydrogens is 359 g/mol. The van der Waals surface area contributed by atoms with E-state index in [0.29, 0.717) is 13.1 Å². The first-order chi connectivity index (χ1) is 10.7. The van der Waals surface area contributed by atoms with Gasteiger partial charge in [0, 0.05) is 13.1 Å². The summed E-state index contributed by atoms with van der Waals surface area (Å²) in [5, 5.41) is 0.356. The summed E-state index contributed by atoms with van der Waals surface area (Å²) in [4.78, 5) is 14.2. The van der Waals surface area contributed by atoms with E-state index in [2.05, 4.69) is 0 Å². The molecule has 1 aromatic rings. The molecule has 0 bridgehead atoms. The number of nitrogens with zero attached hydrogens (tertiary/aromatic N) is 2.